The number of carbonyl (C=O) groups is 1. The van der Waals surface area contributed by atoms with Crippen LogP contribution in [0.15, 0.2) is 48.5 Å². The van der Waals surface area contributed by atoms with Gasteiger partial charge in [0.1, 0.15) is 11.7 Å². The predicted molar refractivity (Wildman–Crippen MR) is 102 cm³/mol. The lowest BCUT2D eigenvalue weighted by atomic mass is 9.81. The van der Waals surface area contributed by atoms with Crippen molar-refractivity contribution in [1.82, 2.24) is 4.90 Å². The summed E-state index contributed by atoms with van der Waals surface area (Å²) < 4.78 is 19.1. The van der Waals surface area contributed by atoms with Crippen LogP contribution in [0.2, 0.25) is 5.02 Å². The lowest BCUT2D eigenvalue weighted by Crippen LogP contribution is -2.47. The third kappa shape index (κ3) is 3.72. The average Bonchev–Trinajstić information content (AvgIpc) is 3.05. The number of likely N-dealkylation sites (tertiary alicyclic amines) is 1. The number of ether oxygens (including phenoxy) is 1. The second kappa shape index (κ2) is 8.24. The van der Waals surface area contributed by atoms with Crippen LogP contribution in [0, 0.1) is 21.8 Å². The minimum atomic E-state index is -1.89. The fourth-order valence-electron chi connectivity index (χ4n) is 3.78. The highest BCUT2D eigenvalue weighted by Gasteiger charge is 2.62. The molecule has 0 saturated carbocycles. The van der Waals surface area contributed by atoms with Gasteiger partial charge in [0.15, 0.2) is 0 Å². The molecule has 0 N–H and O–H groups in total. The summed E-state index contributed by atoms with van der Waals surface area (Å²) in [4.78, 5) is 26.2. The Hall–Kier alpha value is -2.51. The van der Waals surface area contributed by atoms with Crippen molar-refractivity contribution in [3.8, 4) is 0 Å². The van der Waals surface area contributed by atoms with E-state index in [1.165, 1.54) is 6.07 Å². The molecule has 0 bridgehead atoms. The third-order valence-electron chi connectivity index (χ3n) is 5.02. The number of hydrogen-bond acceptors (Lipinski definition) is 5. The Balaban J connectivity index is 2.06. The molecule has 0 amide bonds. The Morgan fingerprint density at radius 1 is 1.36 bits per heavy atom. The van der Waals surface area contributed by atoms with Crippen molar-refractivity contribution in [2.75, 3.05) is 19.7 Å². The summed E-state index contributed by atoms with van der Waals surface area (Å²) in [6, 6.07) is 12.9. The van der Waals surface area contributed by atoms with Crippen molar-refractivity contribution in [1.29, 1.82) is 0 Å². The van der Waals surface area contributed by atoms with Crippen LogP contribution in [0.4, 0.5) is 4.39 Å². The summed E-state index contributed by atoms with van der Waals surface area (Å²) >= 11 is 6.22. The van der Waals surface area contributed by atoms with E-state index in [1.54, 1.807) is 11.8 Å². The SMILES string of the molecule is CCOC(=O)[C@@H]1CN(Cc2ccccc2)C[C@]1(c1cc(F)ccc1Cl)[N+](=O)[O-]. The first-order valence-electron chi connectivity index (χ1n) is 8.91. The molecule has 148 valence electrons. The first-order valence-corrected chi connectivity index (χ1v) is 9.29. The number of halogens is 2. The second-order valence-electron chi connectivity index (χ2n) is 6.77. The van der Waals surface area contributed by atoms with Gasteiger partial charge in [0, 0.05) is 18.0 Å². The van der Waals surface area contributed by atoms with Gasteiger partial charge >= 0.3 is 5.97 Å². The third-order valence-corrected chi connectivity index (χ3v) is 5.35. The van der Waals surface area contributed by atoms with Crippen LogP contribution >= 0.6 is 11.6 Å². The van der Waals surface area contributed by atoms with Crippen molar-refractivity contribution in [2.45, 2.75) is 19.0 Å². The van der Waals surface area contributed by atoms with E-state index in [9.17, 15) is 19.3 Å². The molecule has 1 aliphatic heterocycles. The van der Waals surface area contributed by atoms with E-state index in [0.29, 0.717) is 6.54 Å². The number of nitro groups is 1. The van der Waals surface area contributed by atoms with E-state index < -0.39 is 28.2 Å². The van der Waals surface area contributed by atoms with Crippen molar-refractivity contribution >= 4 is 17.6 Å². The number of hydrogen-bond donors (Lipinski definition) is 0. The molecule has 1 heterocycles. The molecule has 0 aromatic heterocycles. The molecule has 2 aromatic rings. The normalized spacial score (nSPS) is 22.2. The van der Waals surface area contributed by atoms with Crippen molar-refractivity contribution in [2.24, 2.45) is 5.92 Å². The van der Waals surface area contributed by atoms with Crippen molar-refractivity contribution < 1.29 is 18.8 Å². The largest absolute Gasteiger partial charge is 0.466 e. The summed E-state index contributed by atoms with van der Waals surface area (Å²) in [6.45, 7) is 2.18. The zero-order valence-electron chi connectivity index (χ0n) is 15.3. The zero-order chi connectivity index (χ0) is 20.3. The molecule has 1 aliphatic rings. The zero-order valence-corrected chi connectivity index (χ0v) is 16.1. The molecule has 1 saturated heterocycles. The van der Waals surface area contributed by atoms with E-state index in [2.05, 4.69) is 0 Å². The van der Waals surface area contributed by atoms with Gasteiger partial charge in [-0.1, -0.05) is 41.9 Å². The monoisotopic (exact) mass is 406 g/mol. The maximum absolute atomic E-state index is 13.9. The van der Waals surface area contributed by atoms with E-state index in [-0.39, 0.29) is 30.3 Å². The summed E-state index contributed by atoms with van der Waals surface area (Å²) in [5.74, 6) is -2.44. The molecule has 28 heavy (non-hydrogen) atoms. The van der Waals surface area contributed by atoms with Crippen LogP contribution in [0.25, 0.3) is 0 Å². The molecule has 3 rings (SSSR count). The van der Waals surface area contributed by atoms with E-state index in [1.807, 2.05) is 30.3 Å². The smallest absolute Gasteiger partial charge is 0.318 e. The van der Waals surface area contributed by atoms with Gasteiger partial charge in [0.2, 0.25) is 0 Å². The number of carbonyl (C=O) groups excluding carboxylic acids is 1. The maximum Gasteiger partial charge on any atom is 0.318 e. The minimum Gasteiger partial charge on any atom is -0.466 e. The quantitative estimate of drug-likeness (QED) is 0.416. The first-order chi connectivity index (χ1) is 13.4. The highest BCUT2D eigenvalue weighted by atomic mass is 35.5. The van der Waals surface area contributed by atoms with Crippen LogP contribution < -0.4 is 0 Å². The van der Waals surface area contributed by atoms with Crippen LogP contribution in [0.3, 0.4) is 0 Å². The summed E-state index contributed by atoms with van der Waals surface area (Å²) in [5.41, 5.74) is -0.942. The molecule has 2 aromatic carbocycles. The number of benzene rings is 2. The van der Waals surface area contributed by atoms with Gasteiger partial charge in [-0.25, -0.2) is 4.39 Å². The van der Waals surface area contributed by atoms with Gasteiger partial charge in [0.05, 0.1) is 23.7 Å². The van der Waals surface area contributed by atoms with E-state index in [4.69, 9.17) is 16.3 Å². The average molecular weight is 407 g/mol. The Kier molecular flexibility index (Phi) is 5.96. The van der Waals surface area contributed by atoms with Crippen LogP contribution in [-0.4, -0.2) is 35.5 Å². The van der Waals surface area contributed by atoms with Gasteiger partial charge < -0.3 is 4.74 Å². The Morgan fingerprint density at radius 2 is 2.07 bits per heavy atom. The molecule has 0 spiro atoms. The Morgan fingerprint density at radius 3 is 2.71 bits per heavy atom. The first kappa shape index (κ1) is 20.2. The molecule has 8 heteroatoms. The minimum absolute atomic E-state index is 0.00668. The van der Waals surface area contributed by atoms with Crippen LogP contribution in [0.5, 0.6) is 0 Å². The highest BCUT2D eigenvalue weighted by molar-refractivity contribution is 6.31. The van der Waals surface area contributed by atoms with Gasteiger partial charge in [-0.05, 0) is 30.7 Å². The molecule has 1 fully saturated rings. The maximum atomic E-state index is 13.9. The van der Waals surface area contributed by atoms with Crippen molar-refractivity contribution in [3.63, 3.8) is 0 Å². The molecule has 0 aliphatic carbocycles. The van der Waals surface area contributed by atoms with Gasteiger partial charge in [0.25, 0.3) is 5.54 Å². The molecular weight excluding hydrogens is 387 g/mol. The number of esters is 1. The highest BCUT2D eigenvalue weighted by Crippen LogP contribution is 2.44. The summed E-state index contributed by atoms with van der Waals surface area (Å²) in [5, 5.41) is 12.3. The fraction of sp³-hybridized carbons (Fsp3) is 0.350. The van der Waals surface area contributed by atoms with Crippen molar-refractivity contribution in [3.05, 3.63) is 80.6 Å². The lowest BCUT2D eigenvalue weighted by Gasteiger charge is -2.26. The second-order valence-corrected chi connectivity index (χ2v) is 7.17. The number of nitrogens with zero attached hydrogens (tertiary/aromatic N) is 2. The standard InChI is InChI=1S/C20H20ClFN2O4/c1-2-28-19(25)17-12-23(11-14-6-4-3-5-7-14)13-20(17,24(26)27)16-10-15(22)8-9-18(16)21/h3-10,17H,2,11-13H2,1H3/t17-,20+/m0/s1. The molecular formula is C20H20ClFN2O4. The molecule has 6 nitrogen and oxygen atoms in total. The lowest BCUT2D eigenvalue weighted by molar-refractivity contribution is -0.581. The fourth-order valence-corrected chi connectivity index (χ4v) is 4.07. The topological polar surface area (TPSA) is 72.7 Å². The van der Waals surface area contributed by atoms with Gasteiger partial charge in [-0.15, -0.1) is 0 Å². The summed E-state index contributed by atoms with van der Waals surface area (Å²) in [7, 11) is 0. The van der Waals surface area contributed by atoms with E-state index >= 15 is 0 Å². The van der Waals surface area contributed by atoms with Crippen LogP contribution in [0.1, 0.15) is 18.1 Å². The van der Waals surface area contributed by atoms with Gasteiger partial charge in [-0.2, -0.15) is 0 Å². The Labute approximate surface area is 167 Å². The van der Waals surface area contributed by atoms with Gasteiger partial charge in [-0.3, -0.25) is 19.8 Å². The Bertz CT molecular complexity index is 880. The van der Waals surface area contributed by atoms with E-state index in [0.717, 1.165) is 17.7 Å². The molecule has 0 radical (unpaired) electrons. The molecule has 2 atom stereocenters. The van der Waals surface area contributed by atoms with Crippen LogP contribution in [-0.2, 0) is 21.6 Å². The summed E-state index contributed by atoms with van der Waals surface area (Å²) in [6.07, 6.45) is 0. The molecule has 0 unspecified atom stereocenters. The number of rotatable bonds is 6. The predicted octanol–water partition coefficient (Wildman–Crippen LogP) is 3.65.